The molecule has 3 aliphatic rings. The van der Waals surface area contributed by atoms with E-state index < -0.39 is 10.0 Å². The van der Waals surface area contributed by atoms with Gasteiger partial charge in [0.1, 0.15) is 13.2 Å². The SMILES string of the molecule is O=C(N[C@H]1C[C@@H]2C[C@H]1CN2S(=O)(=O)c1ccc2c(c1)OCCO2)c1ccccc1. The second-order valence-electron chi connectivity index (χ2n) is 7.71. The Balaban J connectivity index is 1.29. The average molecular weight is 414 g/mol. The molecule has 29 heavy (non-hydrogen) atoms. The number of hydrogen-bond acceptors (Lipinski definition) is 5. The predicted molar refractivity (Wildman–Crippen MR) is 106 cm³/mol. The normalized spacial score (nSPS) is 25.7. The summed E-state index contributed by atoms with van der Waals surface area (Å²) in [6.07, 6.45) is 1.40. The van der Waals surface area contributed by atoms with E-state index >= 15 is 0 Å². The highest BCUT2D eigenvalue weighted by molar-refractivity contribution is 7.89. The Morgan fingerprint density at radius 3 is 2.48 bits per heavy atom. The van der Waals surface area contributed by atoms with Crippen LogP contribution in [0.15, 0.2) is 53.4 Å². The minimum absolute atomic E-state index is 0.000535. The van der Waals surface area contributed by atoms with Crippen molar-refractivity contribution in [3.05, 3.63) is 54.1 Å². The molecule has 0 aromatic heterocycles. The maximum Gasteiger partial charge on any atom is 0.251 e. The third kappa shape index (κ3) is 3.26. The van der Waals surface area contributed by atoms with E-state index in [1.54, 1.807) is 34.6 Å². The van der Waals surface area contributed by atoms with Gasteiger partial charge in [0.05, 0.1) is 4.90 Å². The van der Waals surface area contributed by atoms with Gasteiger partial charge in [-0.25, -0.2) is 8.42 Å². The van der Waals surface area contributed by atoms with E-state index in [4.69, 9.17) is 9.47 Å². The van der Waals surface area contributed by atoms with Crippen LogP contribution in [-0.2, 0) is 10.0 Å². The quantitative estimate of drug-likeness (QED) is 0.828. The zero-order chi connectivity index (χ0) is 20.0. The highest BCUT2D eigenvalue weighted by atomic mass is 32.2. The molecule has 1 saturated heterocycles. The van der Waals surface area contributed by atoms with Crippen molar-refractivity contribution >= 4 is 15.9 Å². The van der Waals surface area contributed by atoms with Crippen LogP contribution in [-0.4, -0.2) is 50.5 Å². The lowest BCUT2D eigenvalue weighted by Gasteiger charge is -2.31. The lowest BCUT2D eigenvalue weighted by Crippen LogP contribution is -2.47. The number of nitrogens with zero attached hydrogens (tertiary/aromatic N) is 1. The molecule has 1 saturated carbocycles. The van der Waals surface area contributed by atoms with E-state index in [-0.39, 0.29) is 28.8 Å². The van der Waals surface area contributed by atoms with Crippen molar-refractivity contribution in [2.75, 3.05) is 19.8 Å². The Morgan fingerprint density at radius 1 is 1.00 bits per heavy atom. The van der Waals surface area contributed by atoms with Crippen LogP contribution >= 0.6 is 0 Å². The number of hydrogen-bond donors (Lipinski definition) is 1. The van der Waals surface area contributed by atoms with Gasteiger partial charge in [-0.15, -0.1) is 0 Å². The summed E-state index contributed by atoms with van der Waals surface area (Å²) < 4.78 is 39.0. The molecule has 2 bridgehead atoms. The maximum atomic E-state index is 13.2. The van der Waals surface area contributed by atoms with Gasteiger partial charge in [0.15, 0.2) is 11.5 Å². The van der Waals surface area contributed by atoms with Crippen LogP contribution in [0, 0.1) is 5.92 Å². The van der Waals surface area contributed by atoms with E-state index in [0.717, 1.165) is 6.42 Å². The van der Waals surface area contributed by atoms with Crippen molar-refractivity contribution in [1.29, 1.82) is 0 Å². The van der Waals surface area contributed by atoms with Gasteiger partial charge in [-0.1, -0.05) is 18.2 Å². The van der Waals surface area contributed by atoms with E-state index in [1.165, 1.54) is 0 Å². The molecule has 2 aromatic carbocycles. The minimum Gasteiger partial charge on any atom is -0.486 e. The third-order valence-electron chi connectivity index (χ3n) is 5.96. The summed E-state index contributed by atoms with van der Waals surface area (Å²) in [5.74, 6) is 1.06. The molecule has 1 N–H and O–H groups in total. The Labute approximate surface area is 169 Å². The van der Waals surface area contributed by atoms with Crippen molar-refractivity contribution in [2.24, 2.45) is 5.92 Å². The van der Waals surface area contributed by atoms with Crippen LogP contribution in [0.2, 0.25) is 0 Å². The second kappa shape index (κ2) is 7.03. The van der Waals surface area contributed by atoms with Crippen molar-refractivity contribution in [1.82, 2.24) is 9.62 Å². The molecule has 1 amide bonds. The molecule has 2 heterocycles. The van der Waals surface area contributed by atoms with Crippen LogP contribution in [0.5, 0.6) is 11.5 Å². The largest absolute Gasteiger partial charge is 0.486 e. The molecule has 2 fully saturated rings. The Hall–Kier alpha value is -2.58. The molecule has 5 rings (SSSR count). The van der Waals surface area contributed by atoms with Crippen molar-refractivity contribution < 1.29 is 22.7 Å². The fourth-order valence-corrected chi connectivity index (χ4v) is 6.26. The first-order valence-electron chi connectivity index (χ1n) is 9.80. The predicted octanol–water partition coefficient (Wildman–Crippen LogP) is 2.04. The van der Waals surface area contributed by atoms with E-state index in [0.29, 0.717) is 43.2 Å². The summed E-state index contributed by atoms with van der Waals surface area (Å²) in [5.41, 5.74) is 0.621. The number of rotatable bonds is 4. The Bertz CT molecular complexity index is 1040. The molecule has 3 atom stereocenters. The first kappa shape index (κ1) is 18.4. The molecular formula is C21H22N2O5S. The molecular weight excluding hydrogens is 392 g/mol. The monoisotopic (exact) mass is 414 g/mol. The number of fused-ring (bicyclic) bond motifs is 3. The average Bonchev–Trinajstić information content (AvgIpc) is 3.35. The van der Waals surface area contributed by atoms with Crippen molar-refractivity contribution in [3.63, 3.8) is 0 Å². The second-order valence-corrected chi connectivity index (χ2v) is 9.60. The number of amides is 1. The fraction of sp³-hybridized carbons (Fsp3) is 0.381. The van der Waals surface area contributed by atoms with Crippen LogP contribution in [0.4, 0.5) is 0 Å². The summed E-state index contributed by atoms with van der Waals surface area (Å²) in [6, 6.07) is 13.8. The molecule has 8 heteroatoms. The van der Waals surface area contributed by atoms with Crippen molar-refractivity contribution in [2.45, 2.75) is 29.8 Å². The number of sulfonamides is 1. The topological polar surface area (TPSA) is 84.9 Å². The molecule has 7 nitrogen and oxygen atoms in total. The summed E-state index contributed by atoms with van der Waals surface area (Å²) in [4.78, 5) is 12.7. The van der Waals surface area contributed by atoms with Gasteiger partial charge < -0.3 is 14.8 Å². The van der Waals surface area contributed by atoms with Crippen molar-refractivity contribution in [3.8, 4) is 11.5 Å². The zero-order valence-corrected chi connectivity index (χ0v) is 16.6. The Morgan fingerprint density at radius 2 is 1.76 bits per heavy atom. The maximum absolute atomic E-state index is 13.2. The van der Waals surface area contributed by atoms with Crippen LogP contribution in [0.25, 0.3) is 0 Å². The zero-order valence-electron chi connectivity index (χ0n) is 15.8. The molecule has 2 aliphatic heterocycles. The highest BCUT2D eigenvalue weighted by Gasteiger charge is 2.49. The minimum atomic E-state index is -3.62. The van der Waals surface area contributed by atoms with Gasteiger partial charge >= 0.3 is 0 Å². The van der Waals surface area contributed by atoms with Gasteiger partial charge in [-0.2, -0.15) is 4.31 Å². The molecule has 0 unspecified atom stereocenters. The highest BCUT2D eigenvalue weighted by Crippen LogP contribution is 2.42. The lowest BCUT2D eigenvalue weighted by molar-refractivity contribution is 0.0919. The van der Waals surface area contributed by atoms with E-state index in [1.807, 2.05) is 18.2 Å². The number of ether oxygens (including phenoxy) is 2. The first-order valence-corrected chi connectivity index (χ1v) is 11.2. The number of piperidine rings is 1. The smallest absolute Gasteiger partial charge is 0.251 e. The molecule has 0 radical (unpaired) electrons. The Kier molecular flexibility index (Phi) is 4.48. The standard InChI is InChI=1S/C21H22N2O5S/c24-21(14-4-2-1-3-5-14)22-18-11-16-10-15(18)13-23(16)29(25,26)17-6-7-19-20(12-17)28-9-8-27-19/h1-7,12,15-16,18H,8-11,13H2,(H,22,24)/t15-,16-,18-/m0/s1. The van der Waals surface area contributed by atoms with Gasteiger partial charge in [0.2, 0.25) is 10.0 Å². The number of carbonyl (C=O) groups excluding carboxylic acids is 1. The summed E-state index contributed by atoms with van der Waals surface area (Å²) in [7, 11) is -3.62. The fourth-order valence-electron chi connectivity index (χ4n) is 4.54. The lowest BCUT2D eigenvalue weighted by atomic mass is 10.0. The summed E-state index contributed by atoms with van der Waals surface area (Å²) in [5, 5.41) is 3.08. The third-order valence-corrected chi connectivity index (χ3v) is 7.88. The van der Waals surface area contributed by atoms with E-state index in [9.17, 15) is 13.2 Å². The molecule has 0 spiro atoms. The first-order chi connectivity index (χ1) is 14.0. The van der Waals surface area contributed by atoms with Gasteiger partial charge in [-0.05, 0) is 43.0 Å². The van der Waals surface area contributed by atoms with Crippen LogP contribution in [0.1, 0.15) is 23.2 Å². The van der Waals surface area contributed by atoms with Crippen LogP contribution < -0.4 is 14.8 Å². The van der Waals surface area contributed by atoms with Gasteiger partial charge in [-0.3, -0.25) is 4.79 Å². The summed E-state index contributed by atoms with van der Waals surface area (Å²) in [6.45, 7) is 1.29. The molecule has 1 aliphatic carbocycles. The molecule has 2 aromatic rings. The number of carbonyl (C=O) groups is 1. The van der Waals surface area contributed by atoms with Gasteiger partial charge in [0, 0.05) is 30.3 Å². The summed E-state index contributed by atoms with van der Waals surface area (Å²) >= 11 is 0. The van der Waals surface area contributed by atoms with E-state index in [2.05, 4.69) is 5.32 Å². The van der Waals surface area contributed by atoms with Crippen LogP contribution in [0.3, 0.4) is 0 Å². The van der Waals surface area contributed by atoms with Gasteiger partial charge in [0.25, 0.3) is 5.91 Å². The molecule has 152 valence electrons. The number of benzene rings is 2. The number of nitrogens with one attached hydrogen (secondary N) is 1.